The predicted molar refractivity (Wildman–Crippen MR) is 129 cm³/mol. The number of nitrogens with one attached hydrogen (secondary N) is 1. The molecule has 3 N–H and O–H groups in total. The SMILES string of the molecule is CCCCc1nc(O)c(-c2nnc(CNC(=O)CC(C)C)o2)c(O)c1-c1c(OC)cccc1OC. The van der Waals surface area contributed by atoms with Crippen LogP contribution in [0.5, 0.6) is 23.1 Å². The van der Waals surface area contributed by atoms with E-state index in [0.717, 1.165) is 12.8 Å². The van der Waals surface area contributed by atoms with Gasteiger partial charge in [-0.05, 0) is 30.9 Å². The molecule has 0 aliphatic rings. The minimum absolute atomic E-state index is 0.0231. The molecule has 0 saturated heterocycles. The van der Waals surface area contributed by atoms with Crippen molar-refractivity contribution in [2.75, 3.05) is 14.2 Å². The number of aromatic nitrogens is 3. The Hall–Kier alpha value is -3.82. The molecule has 1 amide bonds. The zero-order valence-electron chi connectivity index (χ0n) is 20.7. The van der Waals surface area contributed by atoms with Crippen LogP contribution < -0.4 is 14.8 Å². The van der Waals surface area contributed by atoms with Crippen molar-refractivity contribution in [3.05, 3.63) is 29.8 Å². The number of amides is 1. The first kappa shape index (κ1) is 25.8. The summed E-state index contributed by atoms with van der Waals surface area (Å²) >= 11 is 0. The van der Waals surface area contributed by atoms with Crippen molar-refractivity contribution in [2.24, 2.45) is 5.92 Å². The number of benzene rings is 1. The van der Waals surface area contributed by atoms with Crippen LogP contribution in [0.25, 0.3) is 22.6 Å². The number of carbonyl (C=O) groups excluding carboxylic acids is 1. The lowest BCUT2D eigenvalue weighted by molar-refractivity contribution is -0.122. The summed E-state index contributed by atoms with van der Waals surface area (Å²) < 4.78 is 16.7. The summed E-state index contributed by atoms with van der Waals surface area (Å²) in [7, 11) is 3.04. The summed E-state index contributed by atoms with van der Waals surface area (Å²) in [4.78, 5) is 16.3. The topological polar surface area (TPSA) is 140 Å². The number of pyridine rings is 1. The lowest BCUT2D eigenvalue weighted by Gasteiger charge is -2.18. The monoisotopic (exact) mass is 484 g/mol. The minimum atomic E-state index is -0.440. The molecule has 35 heavy (non-hydrogen) atoms. The maximum atomic E-state index is 11.9. The van der Waals surface area contributed by atoms with Gasteiger partial charge in [-0.15, -0.1) is 10.2 Å². The fourth-order valence-corrected chi connectivity index (χ4v) is 3.73. The second-order valence-electron chi connectivity index (χ2n) is 8.50. The molecule has 0 atom stereocenters. The minimum Gasteiger partial charge on any atom is -0.506 e. The van der Waals surface area contributed by atoms with Crippen LogP contribution in [0.4, 0.5) is 0 Å². The Morgan fingerprint density at radius 1 is 1.09 bits per heavy atom. The molecule has 1 aromatic carbocycles. The van der Waals surface area contributed by atoms with E-state index in [-0.39, 0.29) is 41.5 Å². The quantitative estimate of drug-likeness (QED) is 0.365. The number of unbranched alkanes of at least 4 members (excludes halogenated alkanes) is 1. The van der Waals surface area contributed by atoms with Crippen LogP contribution in [0.2, 0.25) is 0 Å². The van der Waals surface area contributed by atoms with Gasteiger partial charge in [0.15, 0.2) is 0 Å². The van der Waals surface area contributed by atoms with E-state index in [1.54, 1.807) is 18.2 Å². The molecule has 2 aromatic heterocycles. The molecular formula is C25H32N4O6. The molecule has 10 nitrogen and oxygen atoms in total. The van der Waals surface area contributed by atoms with Gasteiger partial charge in [0, 0.05) is 6.42 Å². The van der Waals surface area contributed by atoms with Crippen molar-refractivity contribution in [3.63, 3.8) is 0 Å². The second kappa shape index (κ2) is 11.5. The van der Waals surface area contributed by atoms with E-state index in [9.17, 15) is 15.0 Å². The van der Waals surface area contributed by atoms with Crippen molar-refractivity contribution in [3.8, 4) is 45.7 Å². The predicted octanol–water partition coefficient (Wildman–Crippen LogP) is 4.23. The van der Waals surface area contributed by atoms with E-state index in [2.05, 4.69) is 20.5 Å². The fourth-order valence-electron chi connectivity index (χ4n) is 3.73. The molecule has 0 fully saturated rings. The summed E-state index contributed by atoms with van der Waals surface area (Å²) in [6.07, 6.45) is 2.56. The second-order valence-corrected chi connectivity index (χ2v) is 8.50. The maximum Gasteiger partial charge on any atom is 0.257 e. The summed E-state index contributed by atoms with van der Waals surface area (Å²) in [6, 6.07) is 5.27. The molecule has 0 aliphatic heterocycles. The summed E-state index contributed by atoms with van der Waals surface area (Å²) in [6.45, 7) is 5.95. The van der Waals surface area contributed by atoms with E-state index < -0.39 is 5.88 Å². The zero-order chi connectivity index (χ0) is 25.5. The van der Waals surface area contributed by atoms with E-state index in [0.29, 0.717) is 41.2 Å². The maximum absolute atomic E-state index is 11.9. The Morgan fingerprint density at radius 2 is 1.77 bits per heavy atom. The standard InChI is InChI=1S/C25H32N4O6/c1-6-7-9-15-20(21-16(33-4)10-8-11-17(21)34-5)23(31)22(24(32)27-15)25-29-28-19(35-25)13-26-18(30)12-14(2)3/h8,10-11,14H,6-7,9,12-13H2,1-5H3,(H,26,30)(H2,27,31,32). The normalized spacial score (nSPS) is 11.0. The van der Waals surface area contributed by atoms with Gasteiger partial charge in [0.1, 0.15) is 22.8 Å². The number of nitrogens with zero attached hydrogens (tertiary/aromatic N) is 3. The third kappa shape index (κ3) is 5.82. The number of ether oxygens (including phenoxy) is 2. The Bertz CT molecular complexity index is 1150. The molecule has 0 saturated carbocycles. The highest BCUT2D eigenvalue weighted by molar-refractivity contribution is 5.88. The average Bonchev–Trinajstić information content (AvgIpc) is 3.29. The first-order chi connectivity index (χ1) is 16.8. The van der Waals surface area contributed by atoms with Crippen LogP contribution in [0.15, 0.2) is 22.6 Å². The fraction of sp³-hybridized carbons (Fsp3) is 0.440. The first-order valence-electron chi connectivity index (χ1n) is 11.6. The highest BCUT2D eigenvalue weighted by atomic mass is 16.5. The van der Waals surface area contributed by atoms with Gasteiger partial charge in [0.25, 0.3) is 5.89 Å². The average molecular weight is 485 g/mol. The summed E-state index contributed by atoms with van der Waals surface area (Å²) in [5.41, 5.74) is 1.22. The molecule has 3 rings (SSSR count). The first-order valence-corrected chi connectivity index (χ1v) is 11.6. The number of rotatable bonds is 11. The van der Waals surface area contributed by atoms with Crippen LogP contribution in [-0.4, -0.2) is 45.5 Å². The summed E-state index contributed by atoms with van der Waals surface area (Å²) in [5, 5.41) is 32.8. The van der Waals surface area contributed by atoms with Crippen molar-refractivity contribution >= 4 is 5.91 Å². The third-order valence-electron chi connectivity index (χ3n) is 5.38. The van der Waals surface area contributed by atoms with E-state index in [4.69, 9.17) is 13.9 Å². The Kier molecular flexibility index (Phi) is 8.51. The molecule has 3 aromatic rings. The van der Waals surface area contributed by atoms with Gasteiger partial charge in [-0.25, -0.2) is 4.98 Å². The van der Waals surface area contributed by atoms with Crippen molar-refractivity contribution < 1.29 is 28.9 Å². The zero-order valence-corrected chi connectivity index (χ0v) is 20.7. The van der Waals surface area contributed by atoms with Crippen molar-refractivity contribution in [1.82, 2.24) is 20.5 Å². The largest absolute Gasteiger partial charge is 0.506 e. The van der Waals surface area contributed by atoms with Gasteiger partial charge in [-0.1, -0.05) is 33.3 Å². The van der Waals surface area contributed by atoms with Crippen LogP contribution in [0.1, 0.15) is 51.6 Å². The number of carbonyl (C=O) groups is 1. The number of aromatic hydroxyl groups is 2. The van der Waals surface area contributed by atoms with Crippen LogP contribution in [0.3, 0.4) is 0 Å². The Morgan fingerprint density at radius 3 is 2.37 bits per heavy atom. The Labute approximate surface area is 204 Å². The molecule has 0 bridgehead atoms. The summed E-state index contributed by atoms with van der Waals surface area (Å²) in [5.74, 6) is 0.281. The van der Waals surface area contributed by atoms with Crippen LogP contribution >= 0.6 is 0 Å². The molecule has 0 unspecified atom stereocenters. The van der Waals surface area contributed by atoms with E-state index in [1.165, 1.54) is 14.2 Å². The molecule has 10 heteroatoms. The van der Waals surface area contributed by atoms with Gasteiger partial charge < -0.3 is 29.4 Å². The highest BCUT2D eigenvalue weighted by Gasteiger charge is 2.28. The van der Waals surface area contributed by atoms with Gasteiger partial charge in [0.05, 0.1) is 37.6 Å². The van der Waals surface area contributed by atoms with E-state index >= 15 is 0 Å². The van der Waals surface area contributed by atoms with E-state index in [1.807, 2.05) is 20.8 Å². The van der Waals surface area contributed by atoms with Gasteiger partial charge in [-0.3, -0.25) is 4.79 Å². The van der Waals surface area contributed by atoms with Gasteiger partial charge >= 0.3 is 0 Å². The molecule has 2 heterocycles. The molecule has 188 valence electrons. The smallest absolute Gasteiger partial charge is 0.257 e. The lowest BCUT2D eigenvalue weighted by atomic mass is 9.95. The van der Waals surface area contributed by atoms with Crippen LogP contribution in [-0.2, 0) is 17.8 Å². The Balaban J connectivity index is 2.09. The third-order valence-corrected chi connectivity index (χ3v) is 5.38. The van der Waals surface area contributed by atoms with Crippen molar-refractivity contribution in [2.45, 2.75) is 53.0 Å². The molecular weight excluding hydrogens is 452 g/mol. The number of hydrogen-bond acceptors (Lipinski definition) is 9. The molecule has 0 aliphatic carbocycles. The van der Waals surface area contributed by atoms with Gasteiger partial charge in [0.2, 0.25) is 17.7 Å². The van der Waals surface area contributed by atoms with Crippen molar-refractivity contribution in [1.29, 1.82) is 0 Å². The molecule has 0 spiro atoms. The lowest BCUT2D eigenvalue weighted by Crippen LogP contribution is -2.24. The number of hydrogen-bond donors (Lipinski definition) is 3. The van der Waals surface area contributed by atoms with Gasteiger partial charge in [-0.2, -0.15) is 0 Å². The molecule has 0 radical (unpaired) electrons. The number of aryl methyl sites for hydroxylation is 1. The number of methoxy groups -OCH3 is 2. The highest BCUT2D eigenvalue weighted by Crippen LogP contribution is 2.49. The van der Waals surface area contributed by atoms with Crippen LogP contribution in [0, 0.1) is 5.92 Å².